The van der Waals surface area contributed by atoms with Crippen LogP contribution in [-0.2, 0) is 10.1 Å². The molecular weight excluding hydrogens is 279 g/mol. The van der Waals surface area contributed by atoms with Gasteiger partial charge in [0.05, 0.1) is 11.1 Å². The minimum Gasteiger partial charge on any atom is -1.00 e. The zero-order chi connectivity index (χ0) is 12.5. The molecule has 0 aliphatic carbocycles. The molecule has 0 spiro atoms. The van der Waals surface area contributed by atoms with Gasteiger partial charge in [0.15, 0.2) is 0 Å². The van der Waals surface area contributed by atoms with Crippen LogP contribution in [0.3, 0.4) is 0 Å². The van der Waals surface area contributed by atoms with E-state index < -0.39 is 38.1 Å². The zero-order valence-electron chi connectivity index (χ0n) is 9.61. The van der Waals surface area contributed by atoms with E-state index in [0.717, 1.165) is 12.1 Å². The Bertz CT molecular complexity index is 569. The van der Waals surface area contributed by atoms with E-state index in [0.29, 0.717) is 6.07 Å². The summed E-state index contributed by atoms with van der Waals surface area (Å²) in [6.07, 6.45) is 0. The van der Waals surface area contributed by atoms with E-state index in [9.17, 15) is 18.0 Å². The molecule has 17 heavy (non-hydrogen) atoms. The van der Waals surface area contributed by atoms with Crippen LogP contribution in [0.4, 0.5) is 0 Å². The second-order valence-corrected chi connectivity index (χ2v) is 4.19. The van der Waals surface area contributed by atoms with Gasteiger partial charge < -0.3 is 11.6 Å². The van der Waals surface area contributed by atoms with Gasteiger partial charge in [-0.2, -0.15) is 8.42 Å². The molecule has 0 saturated heterocycles. The molecule has 0 heterocycles. The molecule has 0 aliphatic heterocycles. The molecule has 1 aromatic rings. The molecule has 1 aromatic carbocycles. The van der Waals surface area contributed by atoms with E-state index in [-0.39, 0.29) is 52.8 Å². The largest absolute Gasteiger partial charge is 1.00 e. The first-order chi connectivity index (χ1) is 7.23. The van der Waals surface area contributed by atoms with Crippen LogP contribution in [0, 0.1) is 0 Å². The number of aromatic carboxylic acids is 2. The van der Waals surface area contributed by atoms with Crippen LogP contribution in [0.5, 0.6) is 0 Å². The molecular formula is C8H7KO7S. The van der Waals surface area contributed by atoms with Crippen LogP contribution in [0.15, 0.2) is 23.1 Å². The molecule has 9 heteroatoms. The fourth-order valence-electron chi connectivity index (χ4n) is 1.05. The number of hydrogen-bond acceptors (Lipinski definition) is 4. The second-order valence-electron chi connectivity index (χ2n) is 2.80. The third kappa shape index (κ3) is 4.14. The quantitative estimate of drug-likeness (QED) is 0.412. The van der Waals surface area contributed by atoms with Gasteiger partial charge in [-0.15, -0.1) is 0 Å². The predicted octanol–water partition coefficient (Wildman–Crippen LogP) is -2.55. The Morgan fingerprint density at radius 2 is 1.65 bits per heavy atom. The topological polar surface area (TPSA) is 129 Å². The molecule has 0 fully saturated rings. The summed E-state index contributed by atoms with van der Waals surface area (Å²) in [7, 11) is -4.78. The van der Waals surface area contributed by atoms with Crippen LogP contribution in [0.1, 0.15) is 22.1 Å². The summed E-state index contributed by atoms with van der Waals surface area (Å²) in [5.74, 6) is -3.01. The molecule has 0 bridgehead atoms. The van der Waals surface area contributed by atoms with E-state index in [2.05, 4.69) is 0 Å². The number of hydrogen-bond donors (Lipinski definition) is 3. The summed E-state index contributed by atoms with van der Waals surface area (Å²) >= 11 is 0. The average molecular weight is 286 g/mol. The molecule has 0 atom stereocenters. The monoisotopic (exact) mass is 286 g/mol. The molecule has 7 nitrogen and oxygen atoms in total. The van der Waals surface area contributed by atoms with Gasteiger partial charge in [-0.3, -0.25) is 4.55 Å². The van der Waals surface area contributed by atoms with Gasteiger partial charge in [0.25, 0.3) is 10.1 Å². The van der Waals surface area contributed by atoms with Crippen LogP contribution in [0.2, 0.25) is 0 Å². The van der Waals surface area contributed by atoms with Crippen molar-refractivity contribution >= 4 is 22.1 Å². The van der Waals surface area contributed by atoms with Gasteiger partial charge in [0.2, 0.25) is 0 Å². The van der Waals surface area contributed by atoms with Gasteiger partial charge in [-0.25, -0.2) is 9.59 Å². The van der Waals surface area contributed by atoms with Crippen molar-refractivity contribution in [2.24, 2.45) is 0 Å². The minimum atomic E-state index is -4.78. The Morgan fingerprint density at radius 1 is 1.12 bits per heavy atom. The van der Waals surface area contributed by atoms with Gasteiger partial charge >= 0.3 is 63.3 Å². The molecule has 3 N–H and O–H groups in total. The van der Waals surface area contributed by atoms with Crippen molar-refractivity contribution in [3.8, 4) is 0 Å². The molecule has 0 saturated carbocycles. The maximum Gasteiger partial charge on any atom is 1.00 e. The number of carbonyl (C=O) groups is 2. The molecule has 88 valence electrons. The SMILES string of the molecule is O=C(O)c1ccc(C(=O)O)c(S(=O)(=O)O)c1.[H-].[K+]. The molecule has 0 aliphatic rings. The predicted molar refractivity (Wildman–Crippen MR) is 51.3 cm³/mol. The first kappa shape index (κ1) is 16.7. The molecule has 0 radical (unpaired) electrons. The van der Waals surface area contributed by atoms with Crippen LogP contribution in [-0.4, -0.2) is 35.1 Å². The van der Waals surface area contributed by atoms with E-state index in [4.69, 9.17) is 14.8 Å². The van der Waals surface area contributed by atoms with E-state index in [1.165, 1.54) is 0 Å². The van der Waals surface area contributed by atoms with Crippen molar-refractivity contribution in [2.45, 2.75) is 4.90 Å². The third-order valence-corrected chi connectivity index (χ3v) is 2.63. The van der Waals surface area contributed by atoms with Gasteiger partial charge in [0.1, 0.15) is 4.90 Å². The fourth-order valence-corrected chi connectivity index (χ4v) is 1.75. The first-order valence-corrected chi connectivity index (χ1v) is 5.25. The zero-order valence-corrected chi connectivity index (χ0v) is 12.6. The molecule has 0 aromatic heterocycles. The summed E-state index contributed by atoms with van der Waals surface area (Å²) in [5.41, 5.74) is -1.12. The average Bonchev–Trinajstić information content (AvgIpc) is 2.15. The van der Waals surface area contributed by atoms with Crippen molar-refractivity contribution in [2.75, 3.05) is 0 Å². The number of carboxylic acid groups (broad SMARTS) is 2. The molecule has 0 amide bonds. The summed E-state index contributed by atoms with van der Waals surface area (Å²) in [5, 5.41) is 17.2. The van der Waals surface area contributed by atoms with Gasteiger partial charge in [0, 0.05) is 0 Å². The Morgan fingerprint density at radius 3 is 2.00 bits per heavy atom. The third-order valence-electron chi connectivity index (χ3n) is 1.74. The Kier molecular flexibility index (Phi) is 5.94. The van der Waals surface area contributed by atoms with Gasteiger partial charge in [-0.1, -0.05) is 0 Å². The molecule has 0 unspecified atom stereocenters. The first-order valence-electron chi connectivity index (χ1n) is 3.81. The van der Waals surface area contributed by atoms with E-state index in [1.807, 2.05) is 0 Å². The van der Waals surface area contributed by atoms with Crippen LogP contribution < -0.4 is 51.4 Å². The van der Waals surface area contributed by atoms with Crippen molar-refractivity contribution in [3.05, 3.63) is 29.3 Å². The maximum absolute atomic E-state index is 10.8. The number of benzene rings is 1. The number of carboxylic acids is 2. The van der Waals surface area contributed by atoms with Crippen molar-refractivity contribution in [1.82, 2.24) is 0 Å². The number of rotatable bonds is 3. The Hall–Kier alpha value is -0.294. The summed E-state index contributed by atoms with van der Waals surface area (Å²) in [6, 6.07) is 2.32. The fraction of sp³-hybridized carbons (Fsp3) is 0. The summed E-state index contributed by atoms with van der Waals surface area (Å²) in [6.45, 7) is 0. The Balaban J connectivity index is 0. The van der Waals surface area contributed by atoms with Crippen LogP contribution in [0.25, 0.3) is 0 Å². The minimum absolute atomic E-state index is 0. The van der Waals surface area contributed by atoms with E-state index >= 15 is 0 Å². The van der Waals surface area contributed by atoms with Crippen LogP contribution >= 0.6 is 0 Å². The van der Waals surface area contributed by atoms with Gasteiger partial charge in [-0.05, 0) is 18.2 Å². The second kappa shape index (κ2) is 6.04. The summed E-state index contributed by atoms with van der Waals surface area (Å²) < 4.78 is 30.4. The maximum atomic E-state index is 10.8. The van der Waals surface area contributed by atoms with Crippen molar-refractivity contribution in [1.29, 1.82) is 0 Å². The van der Waals surface area contributed by atoms with Crippen molar-refractivity contribution in [3.63, 3.8) is 0 Å². The van der Waals surface area contributed by atoms with Crippen molar-refractivity contribution < 1.29 is 85.6 Å². The summed E-state index contributed by atoms with van der Waals surface area (Å²) in [4.78, 5) is 20.2. The standard InChI is InChI=1S/C8H6O7S.K.H/c9-7(10)4-1-2-5(8(11)12)6(3-4)16(13,14)15;;/h1-3H,(H,9,10)(H,11,12)(H,13,14,15);;/q;+1;-1. The van der Waals surface area contributed by atoms with E-state index in [1.54, 1.807) is 0 Å². The smallest absolute Gasteiger partial charge is 1.00 e. The normalized spacial score (nSPS) is 10.4. The molecule has 1 rings (SSSR count). The Labute approximate surface area is 140 Å².